The van der Waals surface area contributed by atoms with Gasteiger partial charge in [0, 0.05) is 18.4 Å². The van der Waals surface area contributed by atoms with Crippen molar-refractivity contribution in [3.63, 3.8) is 0 Å². The topological polar surface area (TPSA) is 96.7 Å². The number of benzene rings is 2. The van der Waals surface area contributed by atoms with Gasteiger partial charge < -0.3 is 9.40 Å². The van der Waals surface area contributed by atoms with Gasteiger partial charge >= 0.3 is 0 Å². The van der Waals surface area contributed by atoms with Gasteiger partial charge in [0.15, 0.2) is 0 Å². The molecule has 2 heterocycles. The van der Waals surface area contributed by atoms with E-state index in [1.807, 2.05) is 54.6 Å². The number of imidazole rings is 1. The Balaban J connectivity index is 1.29. The van der Waals surface area contributed by atoms with Crippen LogP contribution in [0, 0.1) is 0 Å². The van der Waals surface area contributed by atoms with Crippen molar-refractivity contribution in [2.45, 2.75) is 19.3 Å². The second-order valence-corrected chi connectivity index (χ2v) is 5.87. The molecule has 0 saturated heterocycles. The first-order valence-electron chi connectivity index (χ1n) is 8.40. The van der Waals surface area contributed by atoms with E-state index in [0.29, 0.717) is 37.0 Å². The average Bonchev–Trinajstić information content (AvgIpc) is 3.29. The summed E-state index contributed by atoms with van der Waals surface area (Å²) in [6.45, 7) is 0. The molecule has 7 nitrogen and oxygen atoms in total. The molecule has 130 valence electrons. The van der Waals surface area contributed by atoms with Crippen LogP contribution in [0.25, 0.3) is 22.5 Å². The third kappa shape index (κ3) is 3.61. The van der Waals surface area contributed by atoms with Crippen LogP contribution in [0.4, 0.5) is 5.95 Å². The van der Waals surface area contributed by atoms with Crippen LogP contribution in [0.2, 0.25) is 0 Å². The predicted octanol–water partition coefficient (Wildman–Crippen LogP) is 3.57. The smallest absolute Gasteiger partial charge is 0.247 e. The maximum atomic E-state index is 12.1. The molecule has 0 aliphatic carbocycles. The summed E-state index contributed by atoms with van der Waals surface area (Å²) in [5.74, 6) is 1.37. The first kappa shape index (κ1) is 16.0. The minimum Gasteiger partial charge on any atom is -0.421 e. The number of fused-ring (bicyclic) bond motifs is 1. The molecule has 4 aromatic rings. The van der Waals surface area contributed by atoms with Crippen LogP contribution in [0.15, 0.2) is 59.0 Å². The molecule has 0 unspecified atom stereocenters. The number of anilines is 1. The number of aromatic amines is 1. The Hall–Kier alpha value is -3.48. The fraction of sp³-hybridized carbons (Fsp3) is 0.158. The third-order valence-corrected chi connectivity index (χ3v) is 3.93. The summed E-state index contributed by atoms with van der Waals surface area (Å²) >= 11 is 0. The summed E-state index contributed by atoms with van der Waals surface area (Å²) < 4.78 is 5.64. The molecule has 2 aromatic heterocycles. The first-order chi connectivity index (χ1) is 12.8. The average molecular weight is 347 g/mol. The number of H-pyrrole nitrogens is 1. The monoisotopic (exact) mass is 347 g/mol. The van der Waals surface area contributed by atoms with Crippen molar-refractivity contribution in [3.8, 4) is 11.5 Å². The van der Waals surface area contributed by atoms with E-state index < -0.39 is 0 Å². The number of rotatable bonds is 6. The Bertz CT molecular complexity index is 990. The van der Waals surface area contributed by atoms with Crippen LogP contribution in [0.1, 0.15) is 18.7 Å². The molecular weight excluding hydrogens is 330 g/mol. The Morgan fingerprint density at radius 1 is 1.04 bits per heavy atom. The summed E-state index contributed by atoms with van der Waals surface area (Å²) in [6, 6.07) is 17.2. The van der Waals surface area contributed by atoms with Gasteiger partial charge in [0.05, 0.1) is 11.0 Å². The molecule has 0 radical (unpaired) electrons. The SMILES string of the molecule is O=C(CCCc1nnc(-c2ccccc2)o1)Nc1nc2ccccc2[nH]1. The molecule has 0 bridgehead atoms. The molecule has 0 aliphatic rings. The molecule has 1 amide bonds. The highest BCUT2D eigenvalue weighted by atomic mass is 16.4. The summed E-state index contributed by atoms with van der Waals surface area (Å²) in [7, 11) is 0. The highest BCUT2D eigenvalue weighted by Gasteiger charge is 2.10. The zero-order valence-electron chi connectivity index (χ0n) is 14.0. The van der Waals surface area contributed by atoms with E-state index in [9.17, 15) is 4.79 Å². The zero-order chi connectivity index (χ0) is 17.8. The van der Waals surface area contributed by atoms with Gasteiger partial charge in [-0.15, -0.1) is 10.2 Å². The maximum Gasteiger partial charge on any atom is 0.247 e. The lowest BCUT2D eigenvalue weighted by Gasteiger charge is -2.00. The number of para-hydroxylation sites is 2. The van der Waals surface area contributed by atoms with Gasteiger partial charge in [-0.25, -0.2) is 4.98 Å². The number of nitrogens with zero attached hydrogens (tertiary/aromatic N) is 3. The van der Waals surface area contributed by atoms with Gasteiger partial charge in [0.25, 0.3) is 0 Å². The molecule has 2 N–H and O–H groups in total. The van der Waals surface area contributed by atoms with E-state index in [1.165, 1.54) is 0 Å². The Kier molecular flexibility index (Phi) is 4.42. The van der Waals surface area contributed by atoms with Gasteiger partial charge in [-0.2, -0.15) is 0 Å². The van der Waals surface area contributed by atoms with Gasteiger partial charge in [0.1, 0.15) is 0 Å². The molecule has 0 spiro atoms. The fourth-order valence-corrected chi connectivity index (χ4v) is 2.66. The van der Waals surface area contributed by atoms with Crippen molar-refractivity contribution < 1.29 is 9.21 Å². The van der Waals surface area contributed by atoms with Crippen LogP contribution in [0.5, 0.6) is 0 Å². The van der Waals surface area contributed by atoms with Crippen LogP contribution in [-0.2, 0) is 11.2 Å². The second-order valence-electron chi connectivity index (χ2n) is 5.87. The first-order valence-corrected chi connectivity index (χ1v) is 8.40. The minimum absolute atomic E-state index is 0.105. The zero-order valence-corrected chi connectivity index (χ0v) is 14.0. The Morgan fingerprint density at radius 3 is 2.69 bits per heavy atom. The molecule has 2 aromatic carbocycles. The number of aryl methyl sites for hydroxylation is 1. The van der Waals surface area contributed by atoms with Crippen molar-refractivity contribution >= 4 is 22.9 Å². The normalized spacial score (nSPS) is 10.9. The van der Waals surface area contributed by atoms with Crippen molar-refractivity contribution in [1.29, 1.82) is 0 Å². The van der Waals surface area contributed by atoms with E-state index in [2.05, 4.69) is 25.5 Å². The van der Waals surface area contributed by atoms with Crippen molar-refractivity contribution in [1.82, 2.24) is 20.2 Å². The lowest BCUT2D eigenvalue weighted by atomic mass is 10.2. The summed E-state index contributed by atoms with van der Waals surface area (Å²) in [6.07, 6.45) is 1.51. The van der Waals surface area contributed by atoms with Gasteiger partial charge in [-0.3, -0.25) is 10.1 Å². The van der Waals surface area contributed by atoms with Crippen LogP contribution >= 0.6 is 0 Å². The molecule has 0 fully saturated rings. The maximum absolute atomic E-state index is 12.1. The number of amides is 1. The number of aromatic nitrogens is 4. The standard InChI is InChI=1S/C19H17N5O2/c25-16(22-19-20-14-9-4-5-10-15(14)21-19)11-6-12-17-23-24-18(26-17)13-7-2-1-3-8-13/h1-5,7-10H,6,11-12H2,(H2,20,21,22,25). The van der Waals surface area contributed by atoms with E-state index in [-0.39, 0.29) is 5.91 Å². The van der Waals surface area contributed by atoms with Gasteiger partial charge in [-0.1, -0.05) is 30.3 Å². The minimum atomic E-state index is -0.105. The van der Waals surface area contributed by atoms with E-state index >= 15 is 0 Å². The number of carbonyl (C=O) groups excluding carboxylic acids is 1. The number of hydrogen-bond acceptors (Lipinski definition) is 5. The Labute approximate surface area is 149 Å². The summed E-state index contributed by atoms with van der Waals surface area (Å²) in [5.41, 5.74) is 2.60. The largest absolute Gasteiger partial charge is 0.421 e. The van der Waals surface area contributed by atoms with E-state index in [1.54, 1.807) is 0 Å². The molecule has 26 heavy (non-hydrogen) atoms. The third-order valence-electron chi connectivity index (χ3n) is 3.93. The summed E-state index contributed by atoms with van der Waals surface area (Å²) in [5, 5.41) is 10.9. The van der Waals surface area contributed by atoms with Crippen molar-refractivity contribution in [3.05, 3.63) is 60.5 Å². The Morgan fingerprint density at radius 2 is 1.85 bits per heavy atom. The lowest BCUT2D eigenvalue weighted by molar-refractivity contribution is -0.116. The van der Waals surface area contributed by atoms with E-state index in [0.717, 1.165) is 16.6 Å². The van der Waals surface area contributed by atoms with Gasteiger partial charge in [0.2, 0.25) is 23.6 Å². The quantitative estimate of drug-likeness (QED) is 0.556. The summed E-state index contributed by atoms with van der Waals surface area (Å²) in [4.78, 5) is 19.5. The molecule has 4 rings (SSSR count). The molecule has 0 atom stereocenters. The molecule has 0 saturated carbocycles. The second kappa shape index (κ2) is 7.18. The lowest BCUT2D eigenvalue weighted by Crippen LogP contribution is -2.12. The van der Waals surface area contributed by atoms with E-state index in [4.69, 9.17) is 4.42 Å². The van der Waals surface area contributed by atoms with Crippen LogP contribution in [-0.4, -0.2) is 26.1 Å². The highest BCUT2D eigenvalue weighted by molar-refractivity contribution is 5.91. The molecular formula is C19H17N5O2. The van der Waals surface area contributed by atoms with Crippen LogP contribution in [0.3, 0.4) is 0 Å². The van der Waals surface area contributed by atoms with Crippen LogP contribution < -0.4 is 5.32 Å². The number of nitrogens with one attached hydrogen (secondary N) is 2. The number of hydrogen-bond donors (Lipinski definition) is 2. The van der Waals surface area contributed by atoms with Crippen molar-refractivity contribution in [2.75, 3.05) is 5.32 Å². The fourth-order valence-electron chi connectivity index (χ4n) is 2.66. The number of carbonyl (C=O) groups is 1. The van der Waals surface area contributed by atoms with Crippen molar-refractivity contribution in [2.24, 2.45) is 0 Å². The van der Waals surface area contributed by atoms with Gasteiger partial charge in [-0.05, 0) is 30.7 Å². The molecule has 0 aliphatic heterocycles. The predicted molar refractivity (Wildman–Crippen MR) is 97.4 cm³/mol. The highest BCUT2D eigenvalue weighted by Crippen LogP contribution is 2.18. The molecule has 7 heteroatoms.